The molecule has 1 fully saturated rings. The third-order valence-electron chi connectivity index (χ3n) is 5.39. The molecule has 1 aliphatic heterocycles. The van der Waals surface area contributed by atoms with Crippen molar-refractivity contribution in [1.29, 1.82) is 0 Å². The van der Waals surface area contributed by atoms with Crippen molar-refractivity contribution in [3.63, 3.8) is 0 Å². The van der Waals surface area contributed by atoms with Gasteiger partial charge >= 0.3 is 0 Å². The van der Waals surface area contributed by atoms with E-state index in [4.69, 9.17) is 5.73 Å². The van der Waals surface area contributed by atoms with E-state index in [0.717, 1.165) is 5.56 Å². The van der Waals surface area contributed by atoms with Gasteiger partial charge in [-0.05, 0) is 57.0 Å². The fourth-order valence-corrected chi connectivity index (χ4v) is 4.83. The van der Waals surface area contributed by atoms with Crippen LogP contribution in [0.25, 0.3) is 0 Å². The minimum absolute atomic E-state index is 0.244. The monoisotopic (exact) mass is 484 g/mol. The van der Waals surface area contributed by atoms with Gasteiger partial charge in [-0.25, -0.2) is 0 Å². The molecule has 182 valence electrons. The van der Waals surface area contributed by atoms with Crippen LogP contribution in [0, 0.1) is 0 Å². The number of amides is 3. The number of hydrogen-bond acceptors (Lipinski definition) is 6. The Kier molecular flexibility index (Phi) is 8.22. The Hall–Kier alpha value is -3.04. The van der Waals surface area contributed by atoms with Crippen molar-refractivity contribution in [3.05, 3.63) is 65.7 Å². The Bertz CT molecular complexity index is 1010. The molecule has 9 heteroatoms. The van der Waals surface area contributed by atoms with E-state index in [2.05, 4.69) is 10.6 Å². The van der Waals surface area contributed by atoms with Crippen LogP contribution in [0.3, 0.4) is 0 Å². The van der Waals surface area contributed by atoms with E-state index < -0.39 is 35.5 Å². The average Bonchev–Trinajstić information content (AvgIpc) is 3.28. The van der Waals surface area contributed by atoms with E-state index in [1.807, 2.05) is 51.1 Å². The number of rotatable bonds is 7. The quantitative estimate of drug-likeness (QED) is 0.444. The van der Waals surface area contributed by atoms with Gasteiger partial charge in [-0.3, -0.25) is 14.4 Å². The molecule has 34 heavy (non-hydrogen) atoms. The molecule has 1 aliphatic rings. The number of benzene rings is 2. The summed E-state index contributed by atoms with van der Waals surface area (Å²) in [4.78, 5) is 40.4. The van der Waals surface area contributed by atoms with E-state index in [1.54, 1.807) is 24.3 Å². The molecule has 0 saturated carbocycles. The molecule has 0 aromatic heterocycles. The smallest absolute Gasteiger partial charge is 0.254 e. The Morgan fingerprint density at radius 1 is 1.12 bits per heavy atom. The summed E-state index contributed by atoms with van der Waals surface area (Å²) in [7, 11) is 0. The number of nitrogens with one attached hydrogen (secondary N) is 2. The number of anilines is 1. The molecule has 1 saturated heterocycles. The number of carbonyl (C=O) groups excluding carboxylic acids is 3. The summed E-state index contributed by atoms with van der Waals surface area (Å²) in [5.74, 6) is -0.532. The van der Waals surface area contributed by atoms with Gasteiger partial charge in [-0.1, -0.05) is 30.3 Å². The largest absolute Gasteiger partial charge is 0.399 e. The molecule has 3 amide bonds. The summed E-state index contributed by atoms with van der Waals surface area (Å²) in [6.45, 7) is 5.61. The second-order valence-electron chi connectivity index (χ2n) is 9.40. The van der Waals surface area contributed by atoms with Crippen LogP contribution in [0.1, 0.15) is 36.7 Å². The third kappa shape index (κ3) is 6.74. The zero-order chi connectivity index (χ0) is 24.9. The summed E-state index contributed by atoms with van der Waals surface area (Å²) in [5.41, 5.74) is 7.01. The SMILES string of the molecule is CC(C)(C)NC(=O)[C@@H]1CSCN1C(=O)[C@@H](O)[C@H](Cc1ccccc1)NC(=O)c1ccc(N)cc1. The lowest BCUT2D eigenvalue weighted by molar-refractivity contribution is -0.146. The second kappa shape index (κ2) is 10.9. The number of thioether (sulfide) groups is 1. The standard InChI is InChI=1S/C25H32N4O4S/c1-25(2,3)28-23(32)20-14-34-15-29(20)24(33)21(30)19(13-16-7-5-4-6-8-16)27-22(31)17-9-11-18(26)12-10-17/h4-12,19-21,30H,13-15,26H2,1-3H3,(H,27,31)(H,28,32)/t19-,20-,21-/m0/s1. The van der Waals surface area contributed by atoms with Crippen LogP contribution in [0.4, 0.5) is 5.69 Å². The van der Waals surface area contributed by atoms with Crippen LogP contribution in [0.15, 0.2) is 54.6 Å². The van der Waals surface area contributed by atoms with E-state index in [9.17, 15) is 19.5 Å². The lowest BCUT2D eigenvalue weighted by Crippen LogP contribution is -2.57. The van der Waals surface area contributed by atoms with Crippen LogP contribution in [-0.4, -0.2) is 63.1 Å². The van der Waals surface area contributed by atoms with Crippen molar-refractivity contribution in [2.24, 2.45) is 0 Å². The molecule has 3 rings (SSSR count). The highest BCUT2D eigenvalue weighted by Crippen LogP contribution is 2.24. The van der Waals surface area contributed by atoms with Crippen LogP contribution in [-0.2, 0) is 16.0 Å². The Morgan fingerprint density at radius 3 is 2.38 bits per heavy atom. The normalized spacial score (nSPS) is 17.6. The van der Waals surface area contributed by atoms with Crippen LogP contribution in [0.5, 0.6) is 0 Å². The molecule has 0 aliphatic carbocycles. The molecule has 0 radical (unpaired) electrons. The number of aliphatic hydroxyl groups is 1. The van der Waals surface area contributed by atoms with Crippen LogP contribution < -0.4 is 16.4 Å². The number of aliphatic hydroxyl groups excluding tert-OH is 1. The zero-order valence-corrected chi connectivity index (χ0v) is 20.5. The number of nitrogens with zero attached hydrogens (tertiary/aromatic N) is 1. The first-order valence-electron chi connectivity index (χ1n) is 11.1. The highest BCUT2D eigenvalue weighted by atomic mass is 32.2. The number of nitrogens with two attached hydrogens (primary N) is 1. The van der Waals surface area contributed by atoms with Crippen molar-refractivity contribution < 1.29 is 19.5 Å². The van der Waals surface area contributed by atoms with Crippen molar-refractivity contribution >= 4 is 35.2 Å². The molecule has 8 nitrogen and oxygen atoms in total. The number of nitrogen functional groups attached to an aromatic ring is 1. The first-order chi connectivity index (χ1) is 16.0. The molecule has 2 aromatic carbocycles. The maximum absolute atomic E-state index is 13.3. The highest BCUT2D eigenvalue weighted by Gasteiger charge is 2.40. The molecular weight excluding hydrogens is 452 g/mol. The van der Waals surface area contributed by atoms with Crippen molar-refractivity contribution in [2.75, 3.05) is 17.4 Å². The van der Waals surface area contributed by atoms with E-state index in [1.165, 1.54) is 16.7 Å². The van der Waals surface area contributed by atoms with Crippen LogP contribution >= 0.6 is 11.8 Å². The molecule has 0 spiro atoms. The van der Waals surface area contributed by atoms with E-state index in [-0.39, 0.29) is 12.3 Å². The van der Waals surface area contributed by atoms with Gasteiger partial charge in [0.25, 0.3) is 11.8 Å². The van der Waals surface area contributed by atoms with Crippen molar-refractivity contribution in [3.8, 4) is 0 Å². The van der Waals surface area contributed by atoms with Gasteiger partial charge in [0, 0.05) is 22.5 Å². The van der Waals surface area contributed by atoms with Crippen LogP contribution in [0.2, 0.25) is 0 Å². The second-order valence-corrected chi connectivity index (χ2v) is 10.4. The number of carbonyl (C=O) groups is 3. The van der Waals surface area contributed by atoms with Gasteiger partial charge in [0.2, 0.25) is 5.91 Å². The molecule has 2 aromatic rings. The minimum Gasteiger partial charge on any atom is -0.399 e. The Balaban J connectivity index is 1.79. The van der Waals surface area contributed by atoms with Gasteiger partial charge in [0.05, 0.1) is 11.9 Å². The molecule has 1 heterocycles. The average molecular weight is 485 g/mol. The summed E-state index contributed by atoms with van der Waals surface area (Å²) < 4.78 is 0. The maximum Gasteiger partial charge on any atom is 0.254 e. The predicted molar refractivity (Wildman–Crippen MR) is 134 cm³/mol. The molecule has 0 bridgehead atoms. The molecule has 0 unspecified atom stereocenters. The first-order valence-corrected chi connectivity index (χ1v) is 12.3. The summed E-state index contributed by atoms with van der Waals surface area (Å²) in [5, 5.41) is 16.8. The van der Waals surface area contributed by atoms with Gasteiger partial charge in [-0.2, -0.15) is 0 Å². The maximum atomic E-state index is 13.3. The first kappa shape index (κ1) is 25.6. The van der Waals surface area contributed by atoms with Gasteiger partial charge in [0.15, 0.2) is 6.10 Å². The van der Waals surface area contributed by atoms with Crippen molar-refractivity contribution in [2.45, 2.75) is 50.9 Å². The number of hydrogen-bond donors (Lipinski definition) is 4. The topological polar surface area (TPSA) is 125 Å². The van der Waals surface area contributed by atoms with Gasteiger partial charge < -0.3 is 26.4 Å². The zero-order valence-electron chi connectivity index (χ0n) is 19.7. The fraction of sp³-hybridized carbons (Fsp3) is 0.400. The lowest BCUT2D eigenvalue weighted by Gasteiger charge is -2.31. The van der Waals surface area contributed by atoms with Gasteiger partial charge in [0.1, 0.15) is 6.04 Å². The van der Waals surface area contributed by atoms with Crippen molar-refractivity contribution in [1.82, 2.24) is 15.5 Å². The predicted octanol–water partition coefficient (Wildman–Crippen LogP) is 1.79. The molecular formula is C25H32N4O4S. The van der Waals surface area contributed by atoms with E-state index >= 15 is 0 Å². The van der Waals surface area contributed by atoms with E-state index in [0.29, 0.717) is 22.9 Å². The molecule has 3 atom stereocenters. The minimum atomic E-state index is -1.53. The summed E-state index contributed by atoms with van der Waals surface area (Å²) in [6.07, 6.45) is -1.28. The van der Waals surface area contributed by atoms with Gasteiger partial charge in [-0.15, -0.1) is 11.8 Å². The fourth-order valence-electron chi connectivity index (χ4n) is 3.67. The lowest BCUT2D eigenvalue weighted by atomic mass is 9.99. The molecule has 5 N–H and O–H groups in total. The summed E-state index contributed by atoms with van der Waals surface area (Å²) in [6, 6.07) is 14.1. The highest BCUT2D eigenvalue weighted by molar-refractivity contribution is 7.99. The Morgan fingerprint density at radius 2 is 1.76 bits per heavy atom. The third-order valence-corrected chi connectivity index (χ3v) is 6.40. The Labute approximate surface area is 204 Å². The summed E-state index contributed by atoms with van der Waals surface area (Å²) >= 11 is 1.45.